The molecule has 0 unspecified atom stereocenters. The molecule has 0 amide bonds. The minimum Gasteiger partial charge on any atom is -0.494 e. The Morgan fingerprint density at radius 1 is 1.24 bits per heavy atom. The van der Waals surface area contributed by atoms with Crippen LogP contribution in [0, 0.1) is 13.8 Å². The fourth-order valence-electron chi connectivity index (χ4n) is 3.57. The van der Waals surface area contributed by atoms with E-state index in [1.165, 1.54) is 17.4 Å². The van der Waals surface area contributed by atoms with Crippen molar-refractivity contribution >= 4 is 40.4 Å². The van der Waals surface area contributed by atoms with Crippen LogP contribution in [-0.2, 0) is 0 Å². The van der Waals surface area contributed by atoms with Crippen LogP contribution in [0.5, 0.6) is 11.6 Å². The molecule has 0 saturated heterocycles. The summed E-state index contributed by atoms with van der Waals surface area (Å²) in [6.07, 6.45) is 0. The third-order valence-electron chi connectivity index (χ3n) is 5.09. The monoisotopic (exact) mass is 498 g/mol. The molecule has 4 rings (SSSR count). The van der Waals surface area contributed by atoms with Crippen LogP contribution in [0.4, 0.5) is 11.5 Å². The van der Waals surface area contributed by atoms with Crippen molar-refractivity contribution in [1.82, 2.24) is 14.8 Å². The Labute approximate surface area is 205 Å². The van der Waals surface area contributed by atoms with Crippen LogP contribution in [0.3, 0.4) is 0 Å². The molecule has 2 N–H and O–H groups in total. The smallest absolute Gasteiger partial charge is 0.337 e. The van der Waals surface area contributed by atoms with Crippen molar-refractivity contribution in [1.29, 1.82) is 0 Å². The summed E-state index contributed by atoms with van der Waals surface area (Å²) in [6.45, 7) is 6.23. The molecule has 0 aliphatic heterocycles. The van der Waals surface area contributed by atoms with E-state index < -0.39 is 5.97 Å². The molecule has 0 fully saturated rings. The summed E-state index contributed by atoms with van der Waals surface area (Å²) in [7, 11) is 1.59. The number of ether oxygens (including phenoxy) is 2. The summed E-state index contributed by atoms with van der Waals surface area (Å²) in [4.78, 5) is 17.6. The van der Waals surface area contributed by atoms with Crippen LogP contribution in [0.25, 0.3) is 16.3 Å². The van der Waals surface area contributed by atoms with Crippen LogP contribution in [0.2, 0.25) is 5.02 Å². The first-order chi connectivity index (χ1) is 16.3. The number of carboxylic acids is 1. The molecule has 2 heterocycles. The maximum Gasteiger partial charge on any atom is 0.337 e. The van der Waals surface area contributed by atoms with E-state index in [-0.39, 0.29) is 5.56 Å². The molecule has 10 heteroatoms. The van der Waals surface area contributed by atoms with E-state index in [9.17, 15) is 9.90 Å². The van der Waals surface area contributed by atoms with Gasteiger partial charge >= 0.3 is 5.97 Å². The molecule has 34 heavy (non-hydrogen) atoms. The van der Waals surface area contributed by atoms with Gasteiger partial charge in [-0.3, -0.25) is 0 Å². The molecule has 8 nitrogen and oxygen atoms in total. The van der Waals surface area contributed by atoms with Gasteiger partial charge in [-0.25, -0.2) is 14.5 Å². The van der Waals surface area contributed by atoms with Gasteiger partial charge in [0, 0.05) is 5.02 Å². The second kappa shape index (κ2) is 9.74. The quantitative estimate of drug-likeness (QED) is 0.302. The lowest BCUT2D eigenvalue weighted by Crippen LogP contribution is -2.08. The number of benzene rings is 2. The molecule has 0 saturated carbocycles. The zero-order chi connectivity index (χ0) is 24.4. The second-order valence-electron chi connectivity index (χ2n) is 7.33. The number of carbonyl (C=O) groups is 1. The summed E-state index contributed by atoms with van der Waals surface area (Å²) in [5, 5.41) is 18.8. The highest BCUT2D eigenvalue weighted by Crippen LogP contribution is 2.41. The number of nitrogens with zero attached hydrogens (tertiary/aromatic N) is 3. The Morgan fingerprint density at radius 2 is 2.00 bits per heavy atom. The Kier molecular flexibility index (Phi) is 6.76. The number of rotatable bonds is 8. The Bertz CT molecular complexity index is 1370. The Morgan fingerprint density at radius 3 is 2.71 bits per heavy atom. The zero-order valence-electron chi connectivity index (χ0n) is 19.0. The second-order valence-corrected chi connectivity index (χ2v) is 8.97. The highest BCUT2D eigenvalue weighted by atomic mass is 35.5. The Balaban J connectivity index is 1.96. The first kappa shape index (κ1) is 23.6. The fourth-order valence-corrected chi connectivity index (χ4v) is 4.70. The number of aryl methyl sites for hydroxylation is 2. The van der Waals surface area contributed by atoms with Crippen LogP contribution in [-0.4, -0.2) is 39.6 Å². The molecule has 2 aromatic carbocycles. The number of aromatic nitrogens is 3. The standard InChI is InChI=1S/C24H23ClN4O4S/c1-5-33-22-14(3)34-23(27-22)20-13(2)28-29(18-8-6-7-9-19(18)32-4)21(20)26-17-11-10-15(25)12-16(17)24(30)31/h6-12,26H,5H2,1-4H3,(H,30,31). The van der Waals surface area contributed by atoms with Crippen molar-refractivity contribution in [2.45, 2.75) is 20.8 Å². The highest BCUT2D eigenvalue weighted by Gasteiger charge is 2.25. The first-order valence-electron chi connectivity index (χ1n) is 10.5. The predicted octanol–water partition coefficient (Wildman–Crippen LogP) is 6.12. The van der Waals surface area contributed by atoms with Crippen LogP contribution in [0.1, 0.15) is 27.9 Å². The van der Waals surface area contributed by atoms with E-state index in [0.717, 1.165) is 10.4 Å². The van der Waals surface area contributed by atoms with Gasteiger partial charge in [0.25, 0.3) is 0 Å². The number of carboxylic acid groups (broad SMARTS) is 1. The summed E-state index contributed by atoms with van der Waals surface area (Å²) >= 11 is 7.54. The summed E-state index contributed by atoms with van der Waals surface area (Å²) in [5.74, 6) is 0.620. The maximum absolute atomic E-state index is 11.9. The molecular weight excluding hydrogens is 476 g/mol. The molecule has 4 aromatic rings. The minimum absolute atomic E-state index is 0.0363. The number of hydrogen-bond donors (Lipinski definition) is 2. The van der Waals surface area contributed by atoms with E-state index in [1.807, 2.05) is 45.0 Å². The van der Waals surface area contributed by atoms with Crippen molar-refractivity contribution in [3.8, 4) is 27.9 Å². The molecule has 176 valence electrons. The minimum atomic E-state index is -1.10. The van der Waals surface area contributed by atoms with Gasteiger partial charge in [0.1, 0.15) is 22.3 Å². The van der Waals surface area contributed by atoms with Gasteiger partial charge in [0.05, 0.1) is 41.1 Å². The zero-order valence-corrected chi connectivity index (χ0v) is 20.6. The van der Waals surface area contributed by atoms with Gasteiger partial charge < -0.3 is 19.9 Å². The molecule has 0 radical (unpaired) electrons. The summed E-state index contributed by atoms with van der Waals surface area (Å²) < 4.78 is 12.9. The van der Waals surface area contributed by atoms with E-state index in [0.29, 0.717) is 51.2 Å². The van der Waals surface area contributed by atoms with Crippen LogP contribution < -0.4 is 14.8 Å². The predicted molar refractivity (Wildman–Crippen MR) is 134 cm³/mol. The van der Waals surface area contributed by atoms with E-state index in [4.69, 9.17) is 26.2 Å². The molecule has 2 aromatic heterocycles. The average molecular weight is 499 g/mol. The van der Waals surface area contributed by atoms with E-state index in [1.54, 1.807) is 23.9 Å². The van der Waals surface area contributed by atoms with Crippen LogP contribution in [0.15, 0.2) is 42.5 Å². The van der Waals surface area contributed by atoms with Crippen molar-refractivity contribution in [2.75, 3.05) is 19.0 Å². The number of nitrogens with one attached hydrogen (secondary N) is 1. The van der Waals surface area contributed by atoms with E-state index >= 15 is 0 Å². The van der Waals surface area contributed by atoms with Gasteiger partial charge in [0.2, 0.25) is 5.88 Å². The van der Waals surface area contributed by atoms with Crippen molar-refractivity contribution in [3.05, 3.63) is 63.6 Å². The molecule has 0 bridgehead atoms. The fraction of sp³-hybridized carbons (Fsp3) is 0.208. The number of aromatic carboxylic acids is 1. The molecule has 0 aliphatic rings. The van der Waals surface area contributed by atoms with Crippen molar-refractivity contribution < 1.29 is 19.4 Å². The molecule has 0 atom stereocenters. The van der Waals surface area contributed by atoms with E-state index in [2.05, 4.69) is 10.3 Å². The van der Waals surface area contributed by atoms with Gasteiger partial charge in [0.15, 0.2) is 0 Å². The maximum atomic E-state index is 11.9. The van der Waals surface area contributed by atoms with Crippen LogP contribution >= 0.6 is 22.9 Å². The van der Waals surface area contributed by atoms with Gasteiger partial charge in [-0.15, -0.1) is 11.3 Å². The largest absolute Gasteiger partial charge is 0.494 e. The number of thiazole rings is 1. The number of anilines is 2. The average Bonchev–Trinajstić information content (AvgIpc) is 3.33. The first-order valence-corrected chi connectivity index (χ1v) is 11.7. The normalized spacial score (nSPS) is 10.9. The molecule has 0 aliphatic carbocycles. The molecule has 0 spiro atoms. The lowest BCUT2D eigenvalue weighted by molar-refractivity contribution is 0.0698. The highest BCUT2D eigenvalue weighted by molar-refractivity contribution is 7.15. The SMILES string of the molecule is CCOc1nc(-c2c(C)nn(-c3ccccc3OC)c2Nc2ccc(Cl)cc2C(=O)O)sc1C. The van der Waals surface area contributed by atoms with Gasteiger partial charge in [-0.2, -0.15) is 5.10 Å². The van der Waals surface area contributed by atoms with Gasteiger partial charge in [-0.05, 0) is 51.1 Å². The Hall–Kier alpha value is -3.56. The van der Waals surface area contributed by atoms with Crippen molar-refractivity contribution in [2.24, 2.45) is 0 Å². The van der Waals surface area contributed by atoms with Crippen molar-refractivity contribution in [3.63, 3.8) is 0 Å². The number of para-hydroxylation sites is 2. The van der Waals surface area contributed by atoms with Gasteiger partial charge in [-0.1, -0.05) is 23.7 Å². The number of halogens is 1. The lowest BCUT2D eigenvalue weighted by Gasteiger charge is -2.15. The summed E-state index contributed by atoms with van der Waals surface area (Å²) in [5.41, 5.74) is 2.53. The third kappa shape index (κ3) is 4.44. The number of hydrogen-bond acceptors (Lipinski definition) is 7. The number of methoxy groups -OCH3 is 1. The third-order valence-corrected chi connectivity index (χ3v) is 6.29. The summed E-state index contributed by atoms with van der Waals surface area (Å²) in [6, 6.07) is 12.1. The topological polar surface area (TPSA) is 98.5 Å². The molecular formula is C24H23ClN4O4S. The lowest BCUT2D eigenvalue weighted by atomic mass is 10.1.